The van der Waals surface area contributed by atoms with Gasteiger partial charge in [0, 0.05) is 20.1 Å². The molecule has 0 aliphatic carbocycles. The zero-order chi connectivity index (χ0) is 9.19. The summed E-state index contributed by atoms with van der Waals surface area (Å²) in [5.74, 6) is 0. The number of hydrogen-bond acceptors (Lipinski definition) is 3. The lowest BCUT2D eigenvalue weighted by molar-refractivity contribution is -0.146. The Hall–Kier alpha value is -0.380. The largest absolute Gasteiger partial charge is 0.383 e. The van der Waals surface area contributed by atoms with Gasteiger partial charge in [0.25, 0.3) is 0 Å². The average molecular weight is 172 g/mol. The summed E-state index contributed by atoms with van der Waals surface area (Å²) in [6, 6.07) is 0. The van der Waals surface area contributed by atoms with Crippen LogP contribution in [0.1, 0.15) is 13.3 Å². The van der Waals surface area contributed by atoms with E-state index < -0.39 is 5.60 Å². The van der Waals surface area contributed by atoms with Crippen LogP contribution in [-0.2, 0) is 9.47 Å². The van der Waals surface area contributed by atoms with Crippen LogP contribution < -0.4 is 0 Å². The van der Waals surface area contributed by atoms with Crippen LogP contribution in [-0.4, -0.2) is 37.1 Å². The van der Waals surface area contributed by atoms with E-state index in [-0.39, 0.29) is 6.10 Å². The maximum atomic E-state index is 10.1. The molecular weight excluding hydrogens is 156 g/mol. The van der Waals surface area contributed by atoms with E-state index in [2.05, 4.69) is 6.58 Å². The van der Waals surface area contributed by atoms with Gasteiger partial charge in [-0.25, -0.2) is 0 Å². The summed E-state index contributed by atoms with van der Waals surface area (Å²) in [5, 5.41) is 10.1. The third kappa shape index (κ3) is 1.53. The Kier molecular flexibility index (Phi) is 2.88. The fraction of sp³-hybridized carbons (Fsp3) is 0.778. The second-order valence-electron chi connectivity index (χ2n) is 3.25. The molecule has 1 rings (SSSR count). The highest BCUT2D eigenvalue weighted by Gasteiger charge is 2.40. The topological polar surface area (TPSA) is 38.7 Å². The summed E-state index contributed by atoms with van der Waals surface area (Å²) >= 11 is 0. The Morgan fingerprint density at radius 3 is 2.83 bits per heavy atom. The molecule has 0 aromatic rings. The molecule has 1 aliphatic rings. The monoisotopic (exact) mass is 172 g/mol. The molecule has 12 heavy (non-hydrogen) atoms. The minimum Gasteiger partial charge on any atom is -0.383 e. The van der Waals surface area contributed by atoms with Crippen molar-refractivity contribution in [1.29, 1.82) is 0 Å². The molecule has 3 heteroatoms. The van der Waals surface area contributed by atoms with Crippen molar-refractivity contribution in [2.45, 2.75) is 25.0 Å². The summed E-state index contributed by atoms with van der Waals surface area (Å²) < 4.78 is 10.3. The first-order valence-corrected chi connectivity index (χ1v) is 4.10. The van der Waals surface area contributed by atoms with Crippen molar-refractivity contribution >= 4 is 0 Å². The lowest BCUT2D eigenvalue weighted by Gasteiger charge is -2.39. The van der Waals surface area contributed by atoms with Crippen LogP contribution in [0.2, 0.25) is 0 Å². The summed E-state index contributed by atoms with van der Waals surface area (Å²) in [6.45, 7) is 6.60. The van der Waals surface area contributed by atoms with Crippen molar-refractivity contribution in [1.82, 2.24) is 0 Å². The van der Waals surface area contributed by atoms with Crippen molar-refractivity contribution in [2.75, 3.05) is 20.3 Å². The quantitative estimate of drug-likeness (QED) is 0.624. The predicted molar refractivity (Wildman–Crippen MR) is 46.0 cm³/mol. The van der Waals surface area contributed by atoms with E-state index in [1.807, 2.05) is 6.92 Å². The second kappa shape index (κ2) is 3.56. The van der Waals surface area contributed by atoms with E-state index in [0.717, 1.165) is 5.57 Å². The molecule has 2 unspecified atom stereocenters. The third-order valence-electron chi connectivity index (χ3n) is 2.45. The van der Waals surface area contributed by atoms with Gasteiger partial charge >= 0.3 is 0 Å². The first-order valence-electron chi connectivity index (χ1n) is 4.10. The molecule has 70 valence electrons. The van der Waals surface area contributed by atoms with Crippen molar-refractivity contribution in [3.8, 4) is 0 Å². The number of aliphatic hydroxyl groups is 1. The van der Waals surface area contributed by atoms with E-state index >= 15 is 0 Å². The lowest BCUT2D eigenvalue weighted by Crippen LogP contribution is -2.51. The van der Waals surface area contributed by atoms with E-state index in [0.29, 0.717) is 19.6 Å². The SMILES string of the molecule is C=C(C)C1(O)CCOCC1OC. The summed E-state index contributed by atoms with van der Waals surface area (Å²) in [7, 11) is 1.58. The van der Waals surface area contributed by atoms with Gasteiger partial charge in [0.05, 0.1) is 6.61 Å². The molecule has 0 aromatic carbocycles. The highest BCUT2D eigenvalue weighted by Crippen LogP contribution is 2.29. The standard InChI is InChI=1S/C9H16O3/c1-7(2)9(10)4-5-12-6-8(9)11-3/h8,10H,1,4-6H2,2-3H3. The molecule has 1 N–H and O–H groups in total. The van der Waals surface area contributed by atoms with Gasteiger partial charge in [0.1, 0.15) is 11.7 Å². The van der Waals surface area contributed by atoms with Crippen LogP contribution in [0.5, 0.6) is 0 Å². The Bertz CT molecular complexity index is 179. The molecule has 2 atom stereocenters. The average Bonchev–Trinajstić information content (AvgIpc) is 2.05. The zero-order valence-electron chi connectivity index (χ0n) is 7.67. The maximum Gasteiger partial charge on any atom is 0.116 e. The molecule has 0 bridgehead atoms. The van der Waals surface area contributed by atoms with Gasteiger partial charge < -0.3 is 14.6 Å². The van der Waals surface area contributed by atoms with Gasteiger partial charge in [-0.05, 0) is 12.5 Å². The van der Waals surface area contributed by atoms with Crippen LogP contribution in [0.3, 0.4) is 0 Å². The summed E-state index contributed by atoms with van der Waals surface area (Å²) in [6.07, 6.45) is 0.296. The molecule has 0 aromatic heterocycles. The lowest BCUT2D eigenvalue weighted by atomic mass is 9.85. The Morgan fingerprint density at radius 1 is 1.75 bits per heavy atom. The van der Waals surface area contributed by atoms with Crippen LogP contribution in [0.15, 0.2) is 12.2 Å². The van der Waals surface area contributed by atoms with Gasteiger partial charge in [0.2, 0.25) is 0 Å². The highest BCUT2D eigenvalue weighted by atomic mass is 16.5. The molecule has 0 spiro atoms. The van der Waals surface area contributed by atoms with Crippen LogP contribution in [0, 0.1) is 0 Å². The van der Waals surface area contributed by atoms with Crippen molar-refractivity contribution < 1.29 is 14.6 Å². The van der Waals surface area contributed by atoms with Crippen LogP contribution in [0.25, 0.3) is 0 Å². The normalized spacial score (nSPS) is 36.4. The van der Waals surface area contributed by atoms with Gasteiger partial charge in [0.15, 0.2) is 0 Å². The zero-order valence-corrected chi connectivity index (χ0v) is 7.67. The van der Waals surface area contributed by atoms with Crippen molar-refractivity contribution in [3.63, 3.8) is 0 Å². The molecule has 1 fully saturated rings. The summed E-state index contributed by atoms with van der Waals surface area (Å²) in [4.78, 5) is 0. The maximum absolute atomic E-state index is 10.1. The van der Waals surface area contributed by atoms with Gasteiger partial charge in [-0.15, -0.1) is 0 Å². The molecule has 0 radical (unpaired) electrons. The van der Waals surface area contributed by atoms with Crippen LogP contribution >= 0.6 is 0 Å². The fourth-order valence-electron chi connectivity index (χ4n) is 1.47. The van der Waals surface area contributed by atoms with Crippen molar-refractivity contribution in [3.05, 3.63) is 12.2 Å². The van der Waals surface area contributed by atoms with E-state index in [1.54, 1.807) is 7.11 Å². The number of ether oxygens (including phenoxy) is 2. The number of methoxy groups -OCH3 is 1. The third-order valence-corrected chi connectivity index (χ3v) is 2.45. The van der Waals surface area contributed by atoms with E-state index in [1.165, 1.54) is 0 Å². The van der Waals surface area contributed by atoms with E-state index in [4.69, 9.17) is 9.47 Å². The Labute approximate surface area is 73.0 Å². The molecule has 0 amide bonds. The smallest absolute Gasteiger partial charge is 0.116 e. The highest BCUT2D eigenvalue weighted by molar-refractivity contribution is 5.14. The minimum atomic E-state index is -0.896. The fourth-order valence-corrected chi connectivity index (χ4v) is 1.47. The Balaban J connectivity index is 2.75. The molecule has 1 aliphatic heterocycles. The molecule has 0 saturated carbocycles. The minimum absolute atomic E-state index is 0.274. The van der Waals surface area contributed by atoms with E-state index in [9.17, 15) is 5.11 Å². The number of rotatable bonds is 2. The first-order chi connectivity index (χ1) is 5.61. The summed E-state index contributed by atoms with van der Waals surface area (Å²) in [5.41, 5.74) is -0.148. The Morgan fingerprint density at radius 2 is 2.42 bits per heavy atom. The van der Waals surface area contributed by atoms with Gasteiger partial charge in [-0.1, -0.05) is 6.58 Å². The van der Waals surface area contributed by atoms with Crippen molar-refractivity contribution in [2.24, 2.45) is 0 Å². The molecular formula is C9H16O3. The van der Waals surface area contributed by atoms with Gasteiger partial charge in [-0.2, -0.15) is 0 Å². The molecule has 1 saturated heterocycles. The van der Waals surface area contributed by atoms with Gasteiger partial charge in [-0.3, -0.25) is 0 Å². The molecule has 3 nitrogen and oxygen atoms in total. The predicted octanol–water partition coefficient (Wildman–Crippen LogP) is 0.729. The molecule has 1 heterocycles. The van der Waals surface area contributed by atoms with Crippen LogP contribution in [0.4, 0.5) is 0 Å². The first kappa shape index (κ1) is 9.71. The second-order valence-corrected chi connectivity index (χ2v) is 3.25. The number of hydrogen-bond donors (Lipinski definition) is 1.